The first-order valence-corrected chi connectivity index (χ1v) is 7.01. The molecular formula is C15H23NO4. The van der Waals surface area contributed by atoms with Crippen molar-refractivity contribution in [3.63, 3.8) is 0 Å². The highest BCUT2D eigenvalue weighted by Gasteiger charge is 2.23. The molecule has 0 aliphatic carbocycles. The molecule has 1 aromatic heterocycles. The van der Waals surface area contributed by atoms with E-state index in [9.17, 15) is 4.79 Å². The molecule has 0 saturated carbocycles. The molecule has 1 saturated heterocycles. The average Bonchev–Trinajstić information content (AvgIpc) is 2.94. The topological polar surface area (TPSA) is 51.9 Å². The predicted molar refractivity (Wildman–Crippen MR) is 74.7 cm³/mol. The van der Waals surface area contributed by atoms with Gasteiger partial charge < -0.3 is 13.9 Å². The summed E-state index contributed by atoms with van der Waals surface area (Å²) in [5.41, 5.74) is 0.502. The van der Waals surface area contributed by atoms with Gasteiger partial charge in [0.1, 0.15) is 17.1 Å². The molecule has 5 nitrogen and oxygen atoms in total. The summed E-state index contributed by atoms with van der Waals surface area (Å²) in [7, 11) is 3.40. The Bertz CT molecular complexity index is 468. The minimum absolute atomic E-state index is 0.297. The third kappa shape index (κ3) is 3.61. The van der Waals surface area contributed by atoms with E-state index in [1.165, 1.54) is 7.11 Å². The maximum absolute atomic E-state index is 11.5. The van der Waals surface area contributed by atoms with E-state index in [-0.39, 0.29) is 5.97 Å². The Kier molecular flexibility index (Phi) is 4.83. The molecule has 5 heteroatoms. The Morgan fingerprint density at radius 3 is 2.85 bits per heavy atom. The van der Waals surface area contributed by atoms with Crippen LogP contribution in [0.3, 0.4) is 0 Å². The largest absolute Gasteiger partial charge is 0.465 e. The molecule has 1 aliphatic heterocycles. The number of aryl methyl sites for hydroxylation is 1. The molecule has 1 fully saturated rings. The van der Waals surface area contributed by atoms with Crippen LogP contribution in [-0.2, 0) is 16.0 Å². The van der Waals surface area contributed by atoms with Gasteiger partial charge >= 0.3 is 5.97 Å². The number of nitrogens with zero attached hydrogens (tertiary/aromatic N) is 1. The van der Waals surface area contributed by atoms with E-state index in [2.05, 4.69) is 11.8 Å². The summed E-state index contributed by atoms with van der Waals surface area (Å²) in [4.78, 5) is 13.7. The van der Waals surface area contributed by atoms with Gasteiger partial charge in [0, 0.05) is 6.54 Å². The molecule has 2 atom stereocenters. The van der Waals surface area contributed by atoms with E-state index in [4.69, 9.17) is 13.9 Å². The van der Waals surface area contributed by atoms with Gasteiger partial charge in [-0.25, -0.2) is 4.79 Å². The van der Waals surface area contributed by atoms with Crippen LogP contribution in [0.4, 0.5) is 0 Å². The van der Waals surface area contributed by atoms with Crippen LogP contribution < -0.4 is 0 Å². The Hall–Kier alpha value is -1.33. The molecule has 0 aromatic carbocycles. The zero-order valence-corrected chi connectivity index (χ0v) is 12.6. The lowest BCUT2D eigenvalue weighted by atomic mass is 10.2. The maximum Gasteiger partial charge on any atom is 0.341 e. The second kappa shape index (κ2) is 6.41. The van der Waals surface area contributed by atoms with E-state index in [1.807, 2.05) is 7.05 Å². The molecule has 20 heavy (non-hydrogen) atoms. The van der Waals surface area contributed by atoms with Crippen molar-refractivity contribution in [2.45, 2.75) is 45.4 Å². The number of esters is 1. The smallest absolute Gasteiger partial charge is 0.341 e. The lowest BCUT2D eigenvalue weighted by Gasteiger charge is -2.19. The predicted octanol–water partition coefficient (Wildman–Crippen LogP) is 2.37. The highest BCUT2D eigenvalue weighted by molar-refractivity contribution is 5.90. The molecule has 0 amide bonds. The number of methoxy groups -OCH3 is 1. The lowest BCUT2D eigenvalue weighted by Crippen LogP contribution is -2.28. The molecule has 0 radical (unpaired) electrons. The van der Waals surface area contributed by atoms with Crippen molar-refractivity contribution in [2.75, 3.05) is 20.7 Å². The first-order chi connectivity index (χ1) is 9.49. The zero-order chi connectivity index (χ0) is 14.7. The van der Waals surface area contributed by atoms with E-state index in [1.54, 1.807) is 13.0 Å². The molecule has 1 aromatic rings. The molecule has 2 rings (SSSR count). The third-order valence-electron chi connectivity index (χ3n) is 3.64. The van der Waals surface area contributed by atoms with E-state index in [0.717, 1.165) is 25.1 Å². The Labute approximate surface area is 119 Å². The molecule has 2 heterocycles. The average molecular weight is 281 g/mol. The zero-order valence-electron chi connectivity index (χ0n) is 12.6. The minimum Gasteiger partial charge on any atom is -0.465 e. The minimum atomic E-state index is -0.354. The van der Waals surface area contributed by atoms with Gasteiger partial charge in [-0.1, -0.05) is 0 Å². The monoisotopic (exact) mass is 281 g/mol. The van der Waals surface area contributed by atoms with Gasteiger partial charge in [0.05, 0.1) is 25.9 Å². The first-order valence-electron chi connectivity index (χ1n) is 7.01. The van der Waals surface area contributed by atoms with Crippen molar-refractivity contribution in [1.82, 2.24) is 4.90 Å². The molecular weight excluding hydrogens is 258 g/mol. The van der Waals surface area contributed by atoms with Crippen LogP contribution in [0.2, 0.25) is 0 Å². The van der Waals surface area contributed by atoms with Crippen molar-refractivity contribution >= 4 is 5.97 Å². The van der Waals surface area contributed by atoms with Gasteiger partial charge in [0.2, 0.25) is 0 Å². The van der Waals surface area contributed by atoms with E-state index in [0.29, 0.717) is 30.1 Å². The standard InChI is InChI=1S/C15H23NO4/c1-10-5-6-12(19-10)8-16(3)9-13-7-14(11(2)20-13)15(17)18-4/h7,10,12H,5-6,8-9H2,1-4H3/t10-,12+/m0/s1. The summed E-state index contributed by atoms with van der Waals surface area (Å²) in [6, 6.07) is 1.76. The van der Waals surface area contributed by atoms with Crippen LogP contribution in [0, 0.1) is 6.92 Å². The van der Waals surface area contributed by atoms with Crippen LogP contribution >= 0.6 is 0 Å². The number of furan rings is 1. The molecule has 0 unspecified atom stereocenters. The van der Waals surface area contributed by atoms with Gasteiger partial charge in [-0.3, -0.25) is 4.90 Å². The fourth-order valence-corrected chi connectivity index (χ4v) is 2.63. The normalized spacial score (nSPS) is 22.4. The van der Waals surface area contributed by atoms with Gasteiger partial charge in [0.25, 0.3) is 0 Å². The van der Waals surface area contributed by atoms with Crippen LogP contribution in [0.25, 0.3) is 0 Å². The number of hydrogen-bond donors (Lipinski definition) is 0. The number of hydrogen-bond acceptors (Lipinski definition) is 5. The van der Waals surface area contributed by atoms with Crippen LogP contribution in [0.5, 0.6) is 0 Å². The van der Waals surface area contributed by atoms with Crippen molar-refractivity contribution in [3.8, 4) is 0 Å². The van der Waals surface area contributed by atoms with Gasteiger partial charge in [-0.2, -0.15) is 0 Å². The van der Waals surface area contributed by atoms with Crippen molar-refractivity contribution in [1.29, 1.82) is 0 Å². The number of carbonyl (C=O) groups excluding carboxylic acids is 1. The second-order valence-electron chi connectivity index (χ2n) is 5.52. The van der Waals surface area contributed by atoms with Gasteiger partial charge in [-0.05, 0) is 39.8 Å². The van der Waals surface area contributed by atoms with Gasteiger partial charge in [-0.15, -0.1) is 0 Å². The van der Waals surface area contributed by atoms with Crippen molar-refractivity contribution in [2.24, 2.45) is 0 Å². The molecule has 0 spiro atoms. The molecule has 0 N–H and O–H groups in total. The Morgan fingerprint density at radius 2 is 2.25 bits per heavy atom. The number of likely N-dealkylation sites (N-methyl/N-ethyl adjacent to an activating group) is 1. The third-order valence-corrected chi connectivity index (χ3v) is 3.64. The van der Waals surface area contributed by atoms with E-state index < -0.39 is 0 Å². The highest BCUT2D eigenvalue weighted by atomic mass is 16.5. The SMILES string of the molecule is COC(=O)c1cc(CN(C)C[C@H]2CC[C@H](C)O2)oc1C. The fourth-order valence-electron chi connectivity index (χ4n) is 2.63. The Morgan fingerprint density at radius 1 is 1.50 bits per heavy atom. The maximum atomic E-state index is 11.5. The number of carbonyl (C=O) groups is 1. The van der Waals surface area contributed by atoms with Crippen molar-refractivity contribution < 1.29 is 18.7 Å². The second-order valence-corrected chi connectivity index (χ2v) is 5.52. The number of ether oxygens (including phenoxy) is 2. The first kappa shape index (κ1) is 15.1. The fraction of sp³-hybridized carbons (Fsp3) is 0.667. The highest BCUT2D eigenvalue weighted by Crippen LogP contribution is 2.21. The molecule has 1 aliphatic rings. The Balaban J connectivity index is 1.91. The van der Waals surface area contributed by atoms with Crippen LogP contribution in [0.15, 0.2) is 10.5 Å². The summed E-state index contributed by atoms with van der Waals surface area (Å²) in [6.45, 7) is 5.42. The van der Waals surface area contributed by atoms with Crippen molar-refractivity contribution in [3.05, 3.63) is 23.2 Å². The quantitative estimate of drug-likeness (QED) is 0.776. The summed E-state index contributed by atoms with van der Waals surface area (Å²) in [5.74, 6) is 1.02. The summed E-state index contributed by atoms with van der Waals surface area (Å²) >= 11 is 0. The summed E-state index contributed by atoms with van der Waals surface area (Å²) < 4.78 is 16.1. The van der Waals surface area contributed by atoms with Gasteiger partial charge in [0.15, 0.2) is 0 Å². The van der Waals surface area contributed by atoms with Crippen LogP contribution in [0.1, 0.15) is 41.6 Å². The van der Waals surface area contributed by atoms with E-state index >= 15 is 0 Å². The number of rotatable bonds is 5. The molecule has 112 valence electrons. The summed E-state index contributed by atoms with van der Waals surface area (Å²) in [5, 5.41) is 0. The summed E-state index contributed by atoms with van der Waals surface area (Å²) in [6.07, 6.45) is 2.90. The molecule has 0 bridgehead atoms. The van der Waals surface area contributed by atoms with Crippen LogP contribution in [-0.4, -0.2) is 43.8 Å². The lowest BCUT2D eigenvalue weighted by molar-refractivity contribution is 0.0341.